The molecule has 0 aliphatic rings. The SMILES string of the molecule is CN(C)c1c(-c2ccc(Cl)cc2)sc(C(=O)O)c1-c1ccc(N[SH](=O)=O)cc1. The Morgan fingerprint density at radius 3 is 2.11 bits per heavy atom. The molecule has 0 saturated heterocycles. The molecule has 0 bridgehead atoms. The molecule has 0 atom stereocenters. The number of carboxylic acid groups (broad SMARTS) is 1. The zero-order chi connectivity index (χ0) is 20.4. The summed E-state index contributed by atoms with van der Waals surface area (Å²) in [5.41, 5.74) is 3.33. The Kier molecular flexibility index (Phi) is 5.93. The Labute approximate surface area is 173 Å². The highest BCUT2D eigenvalue weighted by Crippen LogP contribution is 2.47. The number of hydrogen-bond donors (Lipinski definition) is 3. The van der Waals surface area contributed by atoms with Gasteiger partial charge in [0.2, 0.25) is 10.9 Å². The van der Waals surface area contributed by atoms with E-state index in [4.69, 9.17) is 11.6 Å². The first kappa shape index (κ1) is 20.2. The number of thiophene rings is 1. The van der Waals surface area contributed by atoms with Gasteiger partial charge in [0.25, 0.3) is 0 Å². The van der Waals surface area contributed by atoms with Crippen molar-refractivity contribution in [2.24, 2.45) is 0 Å². The van der Waals surface area contributed by atoms with Crippen molar-refractivity contribution in [3.8, 4) is 21.6 Å². The molecule has 28 heavy (non-hydrogen) atoms. The van der Waals surface area contributed by atoms with Crippen LogP contribution < -0.4 is 9.62 Å². The van der Waals surface area contributed by atoms with Crippen molar-refractivity contribution in [1.82, 2.24) is 0 Å². The Morgan fingerprint density at radius 1 is 1.04 bits per heavy atom. The smallest absolute Gasteiger partial charge is 0.346 e. The highest BCUT2D eigenvalue weighted by Gasteiger charge is 2.25. The fourth-order valence-corrected chi connectivity index (χ4v) is 4.61. The molecule has 1 aromatic heterocycles. The molecule has 0 amide bonds. The second kappa shape index (κ2) is 8.22. The molecule has 0 aliphatic heterocycles. The summed E-state index contributed by atoms with van der Waals surface area (Å²) in [6, 6.07) is 13.9. The highest BCUT2D eigenvalue weighted by molar-refractivity contribution is 7.73. The van der Waals surface area contributed by atoms with Crippen LogP contribution in [0.25, 0.3) is 21.6 Å². The van der Waals surface area contributed by atoms with E-state index in [0.29, 0.717) is 21.8 Å². The second-order valence-electron chi connectivity index (χ2n) is 6.14. The number of anilines is 2. The van der Waals surface area contributed by atoms with Gasteiger partial charge in [0, 0.05) is 30.4 Å². The maximum atomic E-state index is 12.0. The number of carbonyl (C=O) groups is 1. The molecule has 1 heterocycles. The molecule has 146 valence electrons. The van der Waals surface area contributed by atoms with Crippen molar-refractivity contribution in [3.05, 3.63) is 58.4 Å². The largest absolute Gasteiger partial charge is 0.477 e. The van der Waals surface area contributed by atoms with Crippen LogP contribution in [0.4, 0.5) is 11.4 Å². The van der Waals surface area contributed by atoms with E-state index in [1.165, 1.54) is 11.3 Å². The first-order valence-corrected chi connectivity index (χ1v) is 10.5. The minimum Gasteiger partial charge on any atom is -0.477 e. The molecule has 0 fully saturated rings. The van der Waals surface area contributed by atoms with Crippen molar-refractivity contribution in [2.75, 3.05) is 23.7 Å². The van der Waals surface area contributed by atoms with E-state index in [9.17, 15) is 18.3 Å². The predicted molar refractivity (Wildman–Crippen MR) is 115 cm³/mol. The van der Waals surface area contributed by atoms with E-state index in [-0.39, 0.29) is 4.88 Å². The van der Waals surface area contributed by atoms with Gasteiger partial charge in [-0.1, -0.05) is 35.9 Å². The number of nitrogens with zero attached hydrogens (tertiary/aromatic N) is 1. The number of aromatic carboxylic acids is 1. The van der Waals surface area contributed by atoms with E-state index in [2.05, 4.69) is 4.72 Å². The average Bonchev–Trinajstić information content (AvgIpc) is 3.03. The van der Waals surface area contributed by atoms with E-state index in [1.54, 1.807) is 36.4 Å². The number of nitrogens with one attached hydrogen (secondary N) is 1. The summed E-state index contributed by atoms with van der Waals surface area (Å²) in [6.07, 6.45) is 0. The van der Waals surface area contributed by atoms with E-state index in [1.807, 2.05) is 31.1 Å². The molecule has 3 aromatic rings. The molecule has 0 radical (unpaired) electrons. The van der Waals surface area contributed by atoms with Gasteiger partial charge in [-0.2, -0.15) is 0 Å². The van der Waals surface area contributed by atoms with E-state index >= 15 is 0 Å². The highest BCUT2D eigenvalue weighted by atomic mass is 35.5. The summed E-state index contributed by atoms with van der Waals surface area (Å²) in [6.45, 7) is 0. The van der Waals surface area contributed by atoms with Crippen LogP contribution >= 0.6 is 22.9 Å². The van der Waals surface area contributed by atoms with Crippen molar-refractivity contribution in [3.63, 3.8) is 0 Å². The minimum absolute atomic E-state index is 0.212. The van der Waals surface area contributed by atoms with Crippen molar-refractivity contribution < 1.29 is 18.3 Å². The Hall–Kier alpha value is -2.55. The molecule has 2 N–H and O–H groups in total. The summed E-state index contributed by atoms with van der Waals surface area (Å²) in [5.74, 6) is -1.02. The lowest BCUT2D eigenvalue weighted by atomic mass is 10.0. The maximum Gasteiger partial charge on any atom is 0.346 e. The van der Waals surface area contributed by atoms with Gasteiger partial charge in [0.15, 0.2) is 0 Å². The third kappa shape index (κ3) is 4.14. The van der Waals surface area contributed by atoms with Crippen LogP contribution in [0.3, 0.4) is 0 Å². The quantitative estimate of drug-likeness (QED) is 0.497. The van der Waals surface area contributed by atoms with Gasteiger partial charge in [-0.15, -0.1) is 11.3 Å². The van der Waals surface area contributed by atoms with Crippen LogP contribution in [-0.2, 0) is 10.9 Å². The van der Waals surface area contributed by atoms with Crippen molar-refractivity contribution in [2.45, 2.75) is 0 Å². The Balaban J connectivity index is 2.21. The molecular formula is C19H17ClN2O4S2. The molecular weight excluding hydrogens is 420 g/mol. The van der Waals surface area contributed by atoms with Gasteiger partial charge in [-0.3, -0.25) is 4.72 Å². The number of benzene rings is 2. The fraction of sp³-hybridized carbons (Fsp3) is 0.105. The lowest BCUT2D eigenvalue weighted by Gasteiger charge is -2.17. The number of thiol groups is 1. The molecule has 6 nitrogen and oxygen atoms in total. The predicted octanol–water partition coefficient (Wildman–Crippen LogP) is 4.44. The first-order valence-electron chi connectivity index (χ1n) is 8.12. The van der Waals surface area contributed by atoms with Gasteiger partial charge >= 0.3 is 5.97 Å². The molecule has 0 spiro atoms. The van der Waals surface area contributed by atoms with Gasteiger partial charge in [0.1, 0.15) is 4.88 Å². The van der Waals surface area contributed by atoms with E-state index < -0.39 is 16.9 Å². The number of carboxylic acids is 1. The molecule has 9 heteroatoms. The van der Waals surface area contributed by atoms with Crippen LogP contribution in [-0.4, -0.2) is 33.6 Å². The minimum atomic E-state index is -2.76. The van der Waals surface area contributed by atoms with Crippen LogP contribution in [0.1, 0.15) is 9.67 Å². The second-order valence-corrected chi connectivity index (χ2v) is 8.33. The van der Waals surface area contributed by atoms with Crippen LogP contribution in [0, 0.1) is 0 Å². The molecule has 0 aliphatic carbocycles. The number of halogens is 1. The number of hydrogen-bond acceptors (Lipinski definition) is 5. The maximum absolute atomic E-state index is 12.0. The zero-order valence-corrected chi connectivity index (χ0v) is 17.4. The zero-order valence-electron chi connectivity index (χ0n) is 15.0. The van der Waals surface area contributed by atoms with Gasteiger partial charge in [-0.05, 0) is 35.4 Å². The summed E-state index contributed by atoms with van der Waals surface area (Å²) in [7, 11) is 0.948. The van der Waals surface area contributed by atoms with Gasteiger partial charge < -0.3 is 10.0 Å². The molecule has 2 aromatic carbocycles. The van der Waals surface area contributed by atoms with Gasteiger partial charge in [0.05, 0.1) is 10.6 Å². The first-order chi connectivity index (χ1) is 13.3. The lowest BCUT2D eigenvalue weighted by Crippen LogP contribution is -2.10. The lowest BCUT2D eigenvalue weighted by molar-refractivity contribution is 0.0703. The number of rotatable bonds is 6. The standard InChI is InChI=1S/C19H17ClN2O4S2/c1-22(2)16-15(11-5-9-14(10-6-11)21-28(25)26)18(19(23)24)27-17(16)12-3-7-13(20)8-4-12/h3-10,28H,1-2H3,(H,23,24)(H,21,25,26). The summed E-state index contributed by atoms with van der Waals surface area (Å²) < 4.78 is 24.0. The monoisotopic (exact) mass is 436 g/mol. The van der Waals surface area contributed by atoms with Crippen molar-refractivity contribution >= 4 is 51.2 Å². The van der Waals surface area contributed by atoms with Gasteiger partial charge in [-0.25, -0.2) is 13.2 Å². The van der Waals surface area contributed by atoms with Crippen LogP contribution in [0.2, 0.25) is 5.02 Å². The average molecular weight is 437 g/mol. The summed E-state index contributed by atoms with van der Waals surface area (Å²) in [4.78, 5) is 14.9. The fourth-order valence-electron chi connectivity index (χ4n) is 2.88. The Morgan fingerprint density at radius 2 is 1.61 bits per heavy atom. The van der Waals surface area contributed by atoms with Crippen LogP contribution in [0.5, 0.6) is 0 Å². The molecule has 0 unspecified atom stereocenters. The molecule has 3 rings (SSSR count). The third-order valence-electron chi connectivity index (χ3n) is 4.02. The topological polar surface area (TPSA) is 86.7 Å². The Bertz CT molecular complexity index is 1080. The van der Waals surface area contributed by atoms with E-state index in [0.717, 1.165) is 16.1 Å². The summed E-state index contributed by atoms with van der Waals surface area (Å²) >= 11 is 7.18. The van der Waals surface area contributed by atoms with Crippen LogP contribution in [0.15, 0.2) is 48.5 Å². The van der Waals surface area contributed by atoms with Crippen molar-refractivity contribution in [1.29, 1.82) is 0 Å². The summed E-state index contributed by atoms with van der Waals surface area (Å²) in [5, 5.41) is 10.4. The third-order valence-corrected chi connectivity index (χ3v) is 5.93. The molecule has 0 saturated carbocycles. The normalized spacial score (nSPS) is 10.9.